The number of rotatable bonds is 5. The first-order chi connectivity index (χ1) is 6.34. The monoisotopic (exact) mass is 179 g/mol. The van der Waals surface area contributed by atoms with Gasteiger partial charge in [-0.2, -0.15) is 0 Å². The molecular formula is C10H17N3. The van der Waals surface area contributed by atoms with Gasteiger partial charge in [0.05, 0.1) is 5.69 Å². The van der Waals surface area contributed by atoms with Crippen molar-refractivity contribution in [2.24, 2.45) is 11.5 Å². The van der Waals surface area contributed by atoms with Gasteiger partial charge < -0.3 is 11.5 Å². The summed E-state index contributed by atoms with van der Waals surface area (Å²) in [5, 5.41) is 0. The Kier molecular flexibility index (Phi) is 4.43. The second-order valence-electron chi connectivity index (χ2n) is 3.15. The van der Waals surface area contributed by atoms with Crippen molar-refractivity contribution in [1.82, 2.24) is 4.98 Å². The second-order valence-corrected chi connectivity index (χ2v) is 3.15. The van der Waals surface area contributed by atoms with Gasteiger partial charge in [-0.1, -0.05) is 12.5 Å². The molecule has 0 saturated carbocycles. The zero-order chi connectivity index (χ0) is 9.52. The lowest BCUT2D eigenvalue weighted by Gasteiger charge is -2.09. The van der Waals surface area contributed by atoms with Crippen molar-refractivity contribution >= 4 is 0 Å². The highest BCUT2D eigenvalue weighted by molar-refractivity contribution is 5.07. The Morgan fingerprint density at radius 1 is 1.31 bits per heavy atom. The van der Waals surface area contributed by atoms with Crippen LogP contribution in [0.25, 0.3) is 0 Å². The number of aromatic nitrogens is 1. The van der Waals surface area contributed by atoms with Crippen LogP contribution in [0.4, 0.5) is 0 Å². The van der Waals surface area contributed by atoms with Crippen molar-refractivity contribution in [3.63, 3.8) is 0 Å². The lowest BCUT2D eigenvalue weighted by molar-refractivity contribution is 0.579. The highest BCUT2D eigenvalue weighted by Crippen LogP contribution is 2.13. The molecule has 0 radical (unpaired) electrons. The maximum atomic E-state index is 5.93. The van der Waals surface area contributed by atoms with Gasteiger partial charge in [0.2, 0.25) is 0 Å². The van der Waals surface area contributed by atoms with E-state index in [-0.39, 0.29) is 6.04 Å². The third-order valence-corrected chi connectivity index (χ3v) is 2.04. The van der Waals surface area contributed by atoms with Crippen LogP contribution in [0, 0.1) is 0 Å². The number of nitrogens with two attached hydrogens (primary N) is 2. The average Bonchev–Trinajstić information content (AvgIpc) is 2.19. The smallest absolute Gasteiger partial charge is 0.0570 e. The van der Waals surface area contributed by atoms with E-state index in [1.54, 1.807) is 6.20 Å². The average molecular weight is 179 g/mol. The molecule has 0 aromatic carbocycles. The van der Waals surface area contributed by atoms with Gasteiger partial charge in [0.15, 0.2) is 0 Å². The molecule has 1 aromatic rings. The molecule has 0 saturated heterocycles. The number of hydrogen-bond acceptors (Lipinski definition) is 3. The van der Waals surface area contributed by atoms with Crippen molar-refractivity contribution in [2.75, 3.05) is 6.54 Å². The van der Waals surface area contributed by atoms with Crippen LogP contribution in [0.2, 0.25) is 0 Å². The van der Waals surface area contributed by atoms with Crippen molar-refractivity contribution in [3.05, 3.63) is 30.1 Å². The third kappa shape index (κ3) is 3.53. The summed E-state index contributed by atoms with van der Waals surface area (Å²) in [6, 6.07) is 5.89. The molecule has 72 valence electrons. The molecule has 0 spiro atoms. The third-order valence-electron chi connectivity index (χ3n) is 2.04. The van der Waals surface area contributed by atoms with E-state index in [1.165, 1.54) is 0 Å². The van der Waals surface area contributed by atoms with Crippen molar-refractivity contribution < 1.29 is 0 Å². The van der Waals surface area contributed by atoms with E-state index in [0.29, 0.717) is 0 Å². The molecule has 0 bridgehead atoms. The lowest BCUT2D eigenvalue weighted by Crippen LogP contribution is -2.12. The summed E-state index contributed by atoms with van der Waals surface area (Å²) >= 11 is 0. The van der Waals surface area contributed by atoms with E-state index in [1.807, 2.05) is 18.2 Å². The van der Waals surface area contributed by atoms with Gasteiger partial charge in [0.25, 0.3) is 0 Å². The molecule has 3 heteroatoms. The summed E-state index contributed by atoms with van der Waals surface area (Å²) in [4.78, 5) is 4.20. The highest BCUT2D eigenvalue weighted by Gasteiger charge is 2.04. The minimum absolute atomic E-state index is 0.0627. The minimum Gasteiger partial charge on any atom is -0.330 e. The predicted octanol–water partition coefficient (Wildman–Crippen LogP) is 1.21. The van der Waals surface area contributed by atoms with Gasteiger partial charge in [-0.15, -0.1) is 0 Å². The van der Waals surface area contributed by atoms with E-state index >= 15 is 0 Å². The summed E-state index contributed by atoms with van der Waals surface area (Å²) in [7, 11) is 0. The summed E-state index contributed by atoms with van der Waals surface area (Å²) in [5.74, 6) is 0. The summed E-state index contributed by atoms with van der Waals surface area (Å²) in [6.07, 6.45) is 4.86. The first-order valence-corrected chi connectivity index (χ1v) is 4.71. The van der Waals surface area contributed by atoms with Crippen LogP contribution in [0.15, 0.2) is 24.4 Å². The van der Waals surface area contributed by atoms with Gasteiger partial charge in [-0.05, 0) is 31.5 Å². The van der Waals surface area contributed by atoms with Gasteiger partial charge in [-0.3, -0.25) is 4.98 Å². The molecule has 1 atom stereocenters. The van der Waals surface area contributed by atoms with Gasteiger partial charge >= 0.3 is 0 Å². The molecule has 0 aliphatic heterocycles. The molecular weight excluding hydrogens is 162 g/mol. The van der Waals surface area contributed by atoms with E-state index in [9.17, 15) is 0 Å². The number of hydrogen-bond donors (Lipinski definition) is 2. The van der Waals surface area contributed by atoms with Gasteiger partial charge in [0.1, 0.15) is 0 Å². The van der Waals surface area contributed by atoms with Crippen LogP contribution >= 0.6 is 0 Å². The first kappa shape index (κ1) is 10.2. The molecule has 1 rings (SSSR count). The summed E-state index contributed by atoms with van der Waals surface area (Å²) in [5.41, 5.74) is 12.3. The zero-order valence-electron chi connectivity index (χ0n) is 7.82. The predicted molar refractivity (Wildman–Crippen MR) is 54.1 cm³/mol. The minimum atomic E-state index is 0.0627. The van der Waals surface area contributed by atoms with E-state index in [4.69, 9.17) is 11.5 Å². The number of pyridine rings is 1. The topological polar surface area (TPSA) is 64.9 Å². The summed E-state index contributed by atoms with van der Waals surface area (Å²) < 4.78 is 0. The molecule has 0 aliphatic rings. The quantitative estimate of drug-likeness (QED) is 0.668. The fraction of sp³-hybridized carbons (Fsp3) is 0.500. The van der Waals surface area contributed by atoms with Crippen LogP contribution in [-0.4, -0.2) is 11.5 Å². The molecule has 1 heterocycles. The summed E-state index contributed by atoms with van der Waals surface area (Å²) in [6.45, 7) is 0.745. The van der Waals surface area contributed by atoms with E-state index in [0.717, 1.165) is 31.5 Å². The van der Waals surface area contributed by atoms with E-state index < -0.39 is 0 Å². The molecule has 13 heavy (non-hydrogen) atoms. The van der Waals surface area contributed by atoms with Crippen LogP contribution in [0.5, 0.6) is 0 Å². The van der Waals surface area contributed by atoms with Crippen LogP contribution in [0.3, 0.4) is 0 Å². The molecule has 3 nitrogen and oxygen atoms in total. The Morgan fingerprint density at radius 2 is 2.15 bits per heavy atom. The van der Waals surface area contributed by atoms with Crippen molar-refractivity contribution in [3.8, 4) is 0 Å². The van der Waals surface area contributed by atoms with Crippen molar-refractivity contribution in [1.29, 1.82) is 0 Å². The van der Waals surface area contributed by atoms with Crippen LogP contribution < -0.4 is 11.5 Å². The first-order valence-electron chi connectivity index (χ1n) is 4.71. The Balaban J connectivity index is 2.35. The van der Waals surface area contributed by atoms with Crippen LogP contribution in [0.1, 0.15) is 31.0 Å². The normalized spacial score (nSPS) is 12.8. The zero-order valence-corrected chi connectivity index (χ0v) is 7.82. The largest absolute Gasteiger partial charge is 0.330 e. The van der Waals surface area contributed by atoms with Crippen LogP contribution in [-0.2, 0) is 0 Å². The Hall–Kier alpha value is -0.930. The number of unbranched alkanes of at least 4 members (excludes halogenated alkanes) is 1. The fourth-order valence-corrected chi connectivity index (χ4v) is 1.25. The number of nitrogens with zero attached hydrogens (tertiary/aromatic N) is 1. The van der Waals surface area contributed by atoms with Crippen molar-refractivity contribution in [2.45, 2.75) is 25.3 Å². The molecule has 1 aromatic heterocycles. The maximum absolute atomic E-state index is 5.93. The van der Waals surface area contributed by atoms with Gasteiger partial charge in [-0.25, -0.2) is 0 Å². The maximum Gasteiger partial charge on any atom is 0.0570 e. The molecule has 4 N–H and O–H groups in total. The molecule has 0 fully saturated rings. The van der Waals surface area contributed by atoms with E-state index in [2.05, 4.69) is 4.98 Å². The highest BCUT2D eigenvalue weighted by atomic mass is 14.8. The fourth-order valence-electron chi connectivity index (χ4n) is 1.25. The van der Waals surface area contributed by atoms with Gasteiger partial charge in [0, 0.05) is 12.2 Å². The molecule has 0 aliphatic carbocycles. The SMILES string of the molecule is NCCCC[C@H](N)c1ccccn1. The Morgan fingerprint density at radius 3 is 2.77 bits per heavy atom. The Labute approximate surface area is 79.2 Å². The Bertz CT molecular complexity index is 223. The molecule has 0 amide bonds. The second kappa shape index (κ2) is 5.67. The molecule has 0 unspecified atom stereocenters. The standard InChI is InChI=1S/C10H17N3/c11-7-3-1-5-9(12)10-6-2-4-8-13-10/h2,4,6,8-9H,1,3,5,7,11-12H2/t9-/m0/s1. The lowest BCUT2D eigenvalue weighted by atomic mass is 10.1.